The second kappa shape index (κ2) is 13.2. The zero-order valence-electron chi connectivity index (χ0n) is 25.2. The summed E-state index contributed by atoms with van der Waals surface area (Å²) in [5, 5.41) is 16.2. The molecule has 0 saturated heterocycles. The highest BCUT2D eigenvalue weighted by Gasteiger charge is 2.25. The topological polar surface area (TPSA) is 105 Å². The van der Waals surface area contributed by atoms with Crippen molar-refractivity contribution in [1.82, 2.24) is 14.5 Å². The summed E-state index contributed by atoms with van der Waals surface area (Å²) >= 11 is 0. The Balaban J connectivity index is 1.42. The lowest BCUT2D eigenvalue weighted by Gasteiger charge is -2.25. The molecule has 0 bridgehead atoms. The van der Waals surface area contributed by atoms with Crippen LogP contribution in [0.5, 0.6) is 11.5 Å². The van der Waals surface area contributed by atoms with Crippen molar-refractivity contribution >= 4 is 39.8 Å². The molecule has 3 N–H and O–H groups in total. The summed E-state index contributed by atoms with van der Waals surface area (Å²) in [6, 6.07) is 13.0. The monoisotopic (exact) mass is 634 g/mol. The summed E-state index contributed by atoms with van der Waals surface area (Å²) in [6.07, 6.45) is 4.39. The number of phenolic OH excluding ortho intramolecular Hbond substituents is 1. The molecular formula is C33H30F4N6O3. The number of phenols is 1. The minimum atomic E-state index is -1.85. The van der Waals surface area contributed by atoms with Crippen molar-refractivity contribution in [2.24, 2.45) is 7.05 Å². The second-order valence-electron chi connectivity index (χ2n) is 10.4. The van der Waals surface area contributed by atoms with Crippen LogP contribution in [0.2, 0.25) is 0 Å². The molecule has 5 rings (SSSR count). The summed E-state index contributed by atoms with van der Waals surface area (Å²) in [4.78, 5) is 23.1. The van der Waals surface area contributed by atoms with Gasteiger partial charge in [0.25, 0.3) is 0 Å². The fourth-order valence-electron chi connectivity index (χ4n) is 5.17. The molecule has 238 valence electrons. The van der Waals surface area contributed by atoms with Crippen LogP contribution in [0.15, 0.2) is 67.5 Å². The molecular weight excluding hydrogens is 604 g/mol. The molecule has 0 atom stereocenters. The minimum Gasteiger partial charge on any atom is -0.503 e. The van der Waals surface area contributed by atoms with Crippen LogP contribution < -0.4 is 20.3 Å². The van der Waals surface area contributed by atoms with E-state index in [0.717, 1.165) is 22.5 Å². The van der Waals surface area contributed by atoms with E-state index < -0.39 is 40.5 Å². The summed E-state index contributed by atoms with van der Waals surface area (Å²) in [6.45, 7) is 3.64. The first-order valence-corrected chi connectivity index (χ1v) is 14.1. The molecule has 0 aliphatic carbocycles. The van der Waals surface area contributed by atoms with Crippen molar-refractivity contribution in [3.05, 3.63) is 96.3 Å². The van der Waals surface area contributed by atoms with Crippen molar-refractivity contribution in [3.8, 4) is 22.8 Å². The van der Waals surface area contributed by atoms with Crippen molar-refractivity contribution in [2.45, 2.75) is 12.8 Å². The number of hydrogen-bond donors (Lipinski definition) is 3. The molecule has 46 heavy (non-hydrogen) atoms. The van der Waals surface area contributed by atoms with E-state index in [9.17, 15) is 27.5 Å². The highest BCUT2D eigenvalue weighted by Crippen LogP contribution is 2.39. The third kappa shape index (κ3) is 6.16. The molecule has 0 saturated carbocycles. The first-order chi connectivity index (χ1) is 22.0. The molecule has 0 unspecified atom stereocenters. The van der Waals surface area contributed by atoms with Gasteiger partial charge in [-0.3, -0.25) is 4.79 Å². The second-order valence-corrected chi connectivity index (χ2v) is 10.4. The third-order valence-electron chi connectivity index (χ3n) is 7.50. The number of aryl methyl sites for hydroxylation is 1. The van der Waals surface area contributed by atoms with Crippen LogP contribution in [-0.4, -0.2) is 46.3 Å². The zero-order valence-corrected chi connectivity index (χ0v) is 25.2. The normalized spacial score (nSPS) is 11.0. The number of para-hydroxylation sites is 1. The van der Waals surface area contributed by atoms with Crippen LogP contribution in [0.4, 0.5) is 40.6 Å². The van der Waals surface area contributed by atoms with Crippen molar-refractivity contribution in [3.63, 3.8) is 0 Å². The number of carbonyl (C=O) groups excluding carboxylic acids is 1. The maximum atomic E-state index is 14.3. The fourth-order valence-corrected chi connectivity index (χ4v) is 5.17. The largest absolute Gasteiger partial charge is 0.503 e. The molecule has 1 amide bonds. The van der Waals surface area contributed by atoms with Gasteiger partial charge in [0.1, 0.15) is 5.75 Å². The number of fused-ring (bicyclic) bond motifs is 1. The lowest BCUT2D eigenvalue weighted by molar-refractivity contribution is -0.111. The number of hydrogen-bond acceptors (Lipinski definition) is 7. The number of nitrogens with one attached hydrogen (secondary N) is 2. The highest BCUT2D eigenvalue weighted by molar-refractivity contribution is 6.02. The summed E-state index contributed by atoms with van der Waals surface area (Å²) in [5.41, 5.74) is 3.06. The lowest BCUT2D eigenvalue weighted by atomic mass is 10.1. The van der Waals surface area contributed by atoms with Crippen molar-refractivity contribution < 1.29 is 32.2 Å². The summed E-state index contributed by atoms with van der Waals surface area (Å²) < 4.78 is 63.8. The van der Waals surface area contributed by atoms with E-state index in [1.54, 1.807) is 36.3 Å². The minimum absolute atomic E-state index is 0.0555. The smallest absolute Gasteiger partial charge is 0.247 e. The van der Waals surface area contributed by atoms with Gasteiger partial charge >= 0.3 is 0 Å². The van der Waals surface area contributed by atoms with E-state index in [1.165, 1.54) is 7.11 Å². The van der Waals surface area contributed by atoms with Crippen molar-refractivity contribution in [1.29, 1.82) is 0 Å². The fraction of sp³-hybridized carbons (Fsp3) is 0.182. The summed E-state index contributed by atoms with van der Waals surface area (Å²) in [5.74, 6) is -8.58. The van der Waals surface area contributed by atoms with E-state index in [-0.39, 0.29) is 25.3 Å². The maximum Gasteiger partial charge on any atom is 0.247 e. The van der Waals surface area contributed by atoms with Gasteiger partial charge in [-0.1, -0.05) is 24.8 Å². The van der Waals surface area contributed by atoms with E-state index in [1.807, 2.05) is 42.1 Å². The van der Waals surface area contributed by atoms with Gasteiger partial charge in [-0.2, -0.15) is 8.78 Å². The van der Waals surface area contributed by atoms with Gasteiger partial charge < -0.3 is 29.9 Å². The quantitative estimate of drug-likeness (QED) is 0.0830. The number of amides is 1. The molecule has 2 heterocycles. The number of aromatic nitrogens is 3. The van der Waals surface area contributed by atoms with Crippen LogP contribution >= 0.6 is 0 Å². The van der Waals surface area contributed by atoms with Crippen LogP contribution in [0, 0.1) is 23.3 Å². The molecule has 13 heteroatoms. The average Bonchev–Trinajstić information content (AvgIpc) is 3.40. The number of nitrogens with zero attached hydrogens (tertiary/aromatic N) is 4. The van der Waals surface area contributed by atoms with Gasteiger partial charge in [-0.25, -0.2) is 18.7 Å². The Morgan fingerprint density at radius 2 is 1.80 bits per heavy atom. The molecule has 0 aliphatic heterocycles. The number of carbonyl (C=O) groups is 1. The molecule has 0 radical (unpaired) electrons. The zero-order chi connectivity index (χ0) is 33.1. The number of anilines is 4. The van der Waals surface area contributed by atoms with Gasteiger partial charge in [-0.05, 0) is 37.1 Å². The van der Waals surface area contributed by atoms with Crippen LogP contribution in [0.1, 0.15) is 12.0 Å². The SMILES string of the molecule is C=CC(=O)Nc1cc(Nc2nccc(-c3cn(C)c4ccccc34)n2)c(OC)cc1N(C)CCCc1c(F)c(F)c(O)c(F)c1F. The average molecular weight is 635 g/mol. The van der Waals surface area contributed by atoms with Crippen LogP contribution in [0.25, 0.3) is 22.2 Å². The molecule has 9 nitrogen and oxygen atoms in total. The number of ether oxygens (including phenoxy) is 1. The van der Waals surface area contributed by atoms with E-state index in [0.29, 0.717) is 28.5 Å². The van der Waals surface area contributed by atoms with Gasteiger partial charge in [0, 0.05) is 61.1 Å². The van der Waals surface area contributed by atoms with Gasteiger partial charge in [0.15, 0.2) is 17.4 Å². The molecule has 0 fully saturated rings. The molecule has 0 aliphatic rings. The Hall–Kier alpha value is -5.59. The van der Waals surface area contributed by atoms with E-state index in [2.05, 4.69) is 22.2 Å². The molecule has 5 aromatic rings. The number of aromatic hydroxyl groups is 1. The predicted molar refractivity (Wildman–Crippen MR) is 169 cm³/mol. The summed E-state index contributed by atoms with van der Waals surface area (Å²) in [7, 11) is 5.07. The Labute approximate surface area is 261 Å². The Kier molecular flexibility index (Phi) is 9.12. The molecule has 0 spiro atoms. The van der Waals surface area contributed by atoms with E-state index >= 15 is 0 Å². The highest BCUT2D eigenvalue weighted by atomic mass is 19.2. The Morgan fingerprint density at radius 1 is 1.09 bits per heavy atom. The number of methoxy groups -OCH3 is 1. The van der Waals surface area contributed by atoms with Crippen LogP contribution in [-0.2, 0) is 18.3 Å². The van der Waals surface area contributed by atoms with Gasteiger partial charge in [0.05, 0.1) is 29.9 Å². The number of rotatable bonds is 11. The molecule has 3 aromatic carbocycles. The first-order valence-electron chi connectivity index (χ1n) is 14.1. The number of benzene rings is 3. The number of halogens is 4. The third-order valence-corrected chi connectivity index (χ3v) is 7.50. The Bertz CT molecular complexity index is 1930. The van der Waals surface area contributed by atoms with E-state index in [4.69, 9.17) is 9.72 Å². The van der Waals surface area contributed by atoms with Gasteiger partial charge in [-0.15, -0.1) is 0 Å². The van der Waals surface area contributed by atoms with Crippen molar-refractivity contribution in [2.75, 3.05) is 36.2 Å². The predicted octanol–water partition coefficient (Wildman–Crippen LogP) is 6.84. The standard InChI is InChI=1S/C33H30F4N6O3/c1-5-27(44)39-22-15-23(41-33-38-13-12-21(40-33)20-17-43(3)24-11-7-6-9-18(20)24)26(46-4)16-25(22)42(2)14-8-10-19-28(34)30(36)32(45)31(37)29(19)35/h5-7,9,11-13,15-17,45H,1,8,10,14H2,2-4H3,(H,39,44)(H,38,40,41). The molecule has 2 aromatic heterocycles. The Morgan fingerprint density at radius 3 is 2.50 bits per heavy atom. The van der Waals surface area contributed by atoms with Gasteiger partial charge in [0.2, 0.25) is 23.5 Å². The van der Waals surface area contributed by atoms with Crippen LogP contribution in [0.3, 0.4) is 0 Å². The first kappa shape index (κ1) is 31.8. The lowest BCUT2D eigenvalue weighted by Crippen LogP contribution is -2.22. The maximum absolute atomic E-state index is 14.3.